The van der Waals surface area contributed by atoms with Gasteiger partial charge in [0.05, 0.1) is 31.0 Å². The van der Waals surface area contributed by atoms with Crippen LogP contribution < -0.4 is 4.57 Å². The van der Waals surface area contributed by atoms with E-state index in [9.17, 15) is 18.7 Å². The number of nitrogens with zero attached hydrogens (tertiary/aromatic N) is 2. The van der Waals surface area contributed by atoms with E-state index in [0.29, 0.717) is 29.9 Å². The van der Waals surface area contributed by atoms with Gasteiger partial charge in [-0.05, 0) is 24.6 Å². The quantitative estimate of drug-likeness (QED) is 0.405. The van der Waals surface area contributed by atoms with E-state index in [2.05, 4.69) is 16.1 Å². The molecule has 0 aromatic carbocycles. The summed E-state index contributed by atoms with van der Waals surface area (Å²) in [5, 5.41) is 12.0. The number of halogens is 2. The SMILES string of the molecule is CCn1cc[n+](CCCOC(=O)Cc2scc(C3CCC(F)(F)C3)c2O)c1C. The summed E-state index contributed by atoms with van der Waals surface area (Å²) < 4.78 is 36.4. The third-order valence-corrected chi connectivity index (χ3v) is 6.41. The van der Waals surface area contributed by atoms with Gasteiger partial charge < -0.3 is 9.84 Å². The third kappa shape index (κ3) is 4.71. The maximum Gasteiger partial charge on any atom is 0.311 e. The molecule has 2 aromatic heterocycles. The summed E-state index contributed by atoms with van der Waals surface area (Å²) in [6.07, 6.45) is 4.68. The van der Waals surface area contributed by atoms with Crippen LogP contribution in [-0.4, -0.2) is 28.2 Å². The lowest BCUT2D eigenvalue weighted by molar-refractivity contribution is -0.702. The fraction of sp³-hybridized carbons (Fsp3) is 0.600. The number of carbonyl (C=O) groups excluding carboxylic acids is 1. The first kappa shape index (κ1) is 20.8. The second kappa shape index (κ2) is 8.59. The molecule has 1 unspecified atom stereocenters. The number of ether oxygens (including phenoxy) is 1. The molecule has 0 radical (unpaired) electrons. The van der Waals surface area contributed by atoms with Crippen LogP contribution >= 0.6 is 11.3 Å². The molecule has 3 rings (SSSR count). The first-order chi connectivity index (χ1) is 13.3. The van der Waals surface area contributed by atoms with Crippen molar-refractivity contribution in [1.29, 1.82) is 0 Å². The summed E-state index contributed by atoms with van der Waals surface area (Å²) in [5.74, 6) is -2.27. The maximum absolute atomic E-state index is 13.4. The molecule has 2 aromatic rings. The van der Waals surface area contributed by atoms with Crippen molar-refractivity contribution in [3.8, 4) is 5.75 Å². The third-order valence-electron chi connectivity index (χ3n) is 5.42. The smallest absolute Gasteiger partial charge is 0.311 e. The first-order valence-corrected chi connectivity index (χ1v) is 10.6. The van der Waals surface area contributed by atoms with Crippen molar-refractivity contribution >= 4 is 17.3 Å². The highest BCUT2D eigenvalue weighted by Crippen LogP contribution is 2.48. The normalized spacial score (nSPS) is 18.5. The average Bonchev–Trinajstić information content (AvgIpc) is 3.30. The van der Waals surface area contributed by atoms with Crippen LogP contribution in [0.3, 0.4) is 0 Å². The number of aryl methyl sites for hydroxylation is 2. The average molecular weight is 414 g/mol. The predicted octanol–water partition coefficient (Wildman–Crippen LogP) is 3.95. The Kier molecular flexibility index (Phi) is 6.37. The van der Waals surface area contributed by atoms with Crippen molar-refractivity contribution in [3.05, 3.63) is 34.0 Å². The van der Waals surface area contributed by atoms with Crippen LogP contribution in [0.1, 0.15) is 54.8 Å². The second-order valence-electron chi connectivity index (χ2n) is 7.33. The van der Waals surface area contributed by atoms with Crippen LogP contribution in [0.5, 0.6) is 5.75 Å². The molecule has 1 aliphatic rings. The van der Waals surface area contributed by atoms with Crippen molar-refractivity contribution in [2.75, 3.05) is 6.61 Å². The fourth-order valence-corrected chi connectivity index (χ4v) is 4.76. The molecule has 5 nitrogen and oxygen atoms in total. The summed E-state index contributed by atoms with van der Waals surface area (Å²) in [6.45, 7) is 6.11. The molecule has 0 spiro atoms. The van der Waals surface area contributed by atoms with Gasteiger partial charge in [-0.25, -0.2) is 17.9 Å². The summed E-state index contributed by atoms with van der Waals surface area (Å²) in [4.78, 5) is 12.6. The van der Waals surface area contributed by atoms with Gasteiger partial charge in [0.1, 0.15) is 18.1 Å². The predicted molar refractivity (Wildman–Crippen MR) is 102 cm³/mol. The van der Waals surface area contributed by atoms with Gasteiger partial charge in [0.15, 0.2) is 0 Å². The molecule has 1 N–H and O–H groups in total. The van der Waals surface area contributed by atoms with Crippen LogP contribution in [0.2, 0.25) is 0 Å². The van der Waals surface area contributed by atoms with E-state index in [1.54, 1.807) is 5.38 Å². The molecule has 0 amide bonds. The number of alkyl halides is 2. The lowest BCUT2D eigenvalue weighted by Gasteiger charge is -2.10. The molecule has 28 heavy (non-hydrogen) atoms. The highest BCUT2D eigenvalue weighted by Gasteiger charge is 2.41. The number of aromatic nitrogens is 2. The van der Waals surface area contributed by atoms with Gasteiger partial charge in [-0.1, -0.05) is 0 Å². The molecule has 0 saturated heterocycles. The van der Waals surface area contributed by atoms with E-state index in [1.807, 2.05) is 19.3 Å². The van der Waals surface area contributed by atoms with Crippen molar-refractivity contribution in [1.82, 2.24) is 4.57 Å². The second-order valence-corrected chi connectivity index (χ2v) is 8.30. The van der Waals surface area contributed by atoms with E-state index < -0.39 is 11.9 Å². The zero-order chi connectivity index (χ0) is 20.3. The van der Waals surface area contributed by atoms with Gasteiger partial charge in [0.2, 0.25) is 5.92 Å². The largest absolute Gasteiger partial charge is 0.506 e. The number of carbonyl (C=O) groups is 1. The van der Waals surface area contributed by atoms with Crippen molar-refractivity contribution in [2.24, 2.45) is 0 Å². The Labute approximate surface area is 167 Å². The number of esters is 1. The summed E-state index contributed by atoms with van der Waals surface area (Å²) in [6, 6.07) is 0. The number of hydrogen-bond acceptors (Lipinski definition) is 4. The lowest BCUT2D eigenvalue weighted by atomic mass is 9.99. The Hall–Kier alpha value is -1.96. The Morgan fingerprint density at radius 3 is 2.93 bits per heavy atom. The minimum Gasteiger partial charge on any atom is -0.506 e. The summed E-state index contributed by atoms with van der Waals surface area (Å²) in [7, 11) is 0. The highest BCUT2D eigenvalue weighted by atomic mass is 32.1. The molecule has 1 fully saturated rings. The van der Waals surface area contributed by atoms with E-state index >= 15 is 0 Å². The zero-order valence-electron chi connectivity index (χ0n) is 16.3. The molecule has 1 saturated carbocycles. The molecule has 1 atom stereocenters. The molecule has 154 valence electrons. The van der Waals surface area contributed by atoms with Gasteiger partial charge in [-0.15, -0.1) is 11.3 Å². The minimum atomic E-state index is -2.66. The number of aromatic hydroxyl groups is 1. The number of imidazole rings is 1. The lowest BCUT2D eigenvalue weighted by Crippen LogP contribution is -2.36. The molecular formula is C20H27F2N2O3S+. The van der Waals surface area contributed by atoms with Gasteiger partial charge in [0, 0.05) is 31.7 Å². The topological polar surface area (TPSA) is 55.3 Å². The Balaban J connectivity index is 1.45. The fourth-order valence-electron chi connectivity index (χ4n) is 3.75. The van der Waals surface area contributed by atoms with E-state index in [4.69, 9.17) is 4.74 Å². The number of thiophene rings is 1. The van der Waals surface area contributed by atoms with Crippen molar-refractivity contribution in [3.63, 3.8) is 0 Å². The van der Waals surface area contributed by atoms with Crippen LogP contribution in [0.25, 0.3) is 0 Å². The molecule has 0 bridgehead atoms. The molecular weight excluding hydrogens is 386 g/mol. The van der Waals surface area contributed by atoms with E-state index in [1.165, 1.54) is 11.3 Å². The number of hydrogen-bond donors (Lipinski definition) is 1. The van der Waals surface area contributed by atoms with Crippen LogP contribution in [0.15, 0.2) is 17.8 Å². The van der Waals surface area contributed by atoms with Crippen LogP contribution in [0.4, 0.5) is 8.78 Å². The van der Waals surface area contributed by atoms with Crippen molar-refractivity contribution < 1.29 is 28.0 Å². The van der Waals surface area contributed by atoms with Gasteiger partial charge in [-0.3, -0.25) is 4.79 Å². The highest BCUT2D eigenvalue weighted by molar-refractivity contribution is 7.10. The maximum atomic E-state index is 13.4. The standard InChI is InChI=1S/C20H26F2N2O3S/c1-3-23-8-9-24(14(23)2)7-4-10-27-18(25)11-17-19(26)16(13-28-17)15-5-6-20(21,22)12-15/h8-9,13,15H,3-7,10-12H2,1-2H3/p+1. The summed E-state index contributed by atoms with van der Waals surface area (Å²) >= 11 is 1.23. The Morgan fingerprint density at radius 2 is 2.29 bits per heavy atom. The van der Waals surface area contributed by atoms with Gasteiger partial charge in [0.25, 0.3) is 5.82 Å². The molecule has 1 aliphatic carbocycles. The van der Waals surface area contributed by atoms with E-state index in [-0.39, 0.29) is 30.9 Å². The molecule has 8 heteroatoms. The van der Waals surface area contributed by atoms with Gasteiger partial charge in [-0.2, -0.15) is 0 Å². The molecule has 2 heterocycles. The van der Waals surface area contributed by atoms with Gasteiger partial charge >= 0.3 is 5.97 Å². The number of rotatable bonds is 8. The Morgan fingerprint density at radius 1 is 1.50 bits per heavy atom. The molecule has 0 aliphatic heterocycles. The van der Waals surface area contributed by atoms with Crippen LogP contribution in [0, 0.1) is 6.92 Å². The first-order valence-electron chi connectivity index (χ1n) is 9.68. The van der Waals surface area contributed by atoms with Crippen LogP contribution in [-0.2, 0) is 29.0 Å². The zero-order valence-corrected chi connectivity index (χ0v) is 17.1. The van der Waals surface area contributed by atoms with Crippen molar-refractivity contribution in [2.45, 2.75) is 70.9 Å². The van der Waals surface area contributed by atoms with E-state index in [0.717, 1.165) is 18.9 Å². The summed E-state index contributed by atoms with van der Waals surface area (Å²) in [5.41, 5.74) is 0.539. The minimum absolute atomic E-state index is 0.0169. The monoisotopic (exact) mass is 413 g/mol. The Bertz CT molecular complexity index is 832.